The predicted octanol–water partition coefficient (Wildman–Crippen LogP) is 1.48. The number of hydrogen-bond donors (Lipinski definition) is 1. The summed E-state index contributed by atoms with van der Waals surface area (Å²) in [5.74, 6) is 0. The van der Waals surface area contributed by atoms with Crippen molar-refractivity contribution in [2.75, 3.05) is 13.1 Å². The van der Waals surface area contributed by atoms with Gasteiger partial charge in [0.05, 0.1) is 0 Å². The van der Waals surface area contributed by atoms with Crippen LogP contribution in [0.3, 0.4) is 0 Å². The van der Waals surface area contributed by atoms with E-state index in [1.807, 2.05) is 0 Å². The van der Waals surface area contributed by atoms with Gasteiger partial charge >= 0.3 is 0 Å². The van der Waals surface area contributed by atoms with E-state index in [-0.39, 0.29) is 0 Å². The molecule has 0 amide bonds. The molecule has 1 heteroatoms. The molecule has 0 unspecified atom stereocenters. The van der Waals surface area contributed by atoms with Gasteiger partial charge in [-0.05, 0) is 25.9 Å². The lowest BCUT2D eigenvalue weighted by molar-refractivity contribution is 0.346. The van der Waals surface area contributed by atoms with Crippen LogP contribution in [0.1, 0.15) is 12.8 Å². The van der Waals surface area contributed by atoms with E-state index in [0.29, 0.717) is 5.41 Å². The molecule has 1 fully saturated rings. The molecule has 1 aliphatic carbocycles. The van der Waals surface area contributed by atoms with Gasteiger partial charge in [-0.2, -0.15) is 0 Å². The summed E-state index contributed by atoms with van der Waals surface area (Å²) in [6.07, 6.45) is 11.6. The first-order chi connectivity index (χ1) is 4.91. The van der Waals surface area contributed by atoms with Crippen molar-refractivity contribution in [3.05, 3.63) is 24.3 Å². The van der Waals surface area contributed by atoms with Crippen molar-refractivity contribution in [1.82, 2.24) is 5.32 Å². The van der Waals surface area contributed by atoms with Crippen LogP contribution in [0.25, 0.3) is 0 Å². The zero-order valence-corrected chi connectivity index (χ0v) is 6.14. The van der Waals surface area contributed by atoms with Crippen LogP contribution in [-0.2, 0) is 0 Å². The van der Waals surface area contributed by atoms with Crippen molar-refractivity contribution >= 4 is 0 Å². The fourth-order valence-electron chi connectivity index (χ4n) is 1.78. The molecule has 54 valence electrons. The van der Waals surface area contributed by atoms with E-state index in [1.54, 1.807) is 0 Å². The van der Waals surface area contributed by atoms with Gasteiger partial charge in [0.2, 0.25) is 0 Å². The summed E-state index contributed by atoms with van der Waals surface area (Å²) >= 11 is 0. The molecule has 1 N–H and O–H groups in total. The third-order valence-corrected chi connectivity index (χ3v) is 2.50. The zero-order valence-electron chi connectivity index (χ0n) is 6.14. The summed E-state index contributed by atoms with van der Waals surface area (Å²) in [6.45, 7) is 2.35. The predicted molar refractivity (Wildman–Crippen MR) is 42.8 cm³/mol. The second-order valence-electron chi connectivity index (χ2n) is 3.20. The molecule has 10 heavy (non-hydrogen) atoms. The Morgan fingerprint density at radius 1 is 1.00 bits per heavy atom. The van der Waals surface area contributed by atoms with Crippen LogP contribution in [0.4, 0.5) is 0 Å². The molecule has 0 bridgehead atoms. The molecule has 1 spiro atoms. The Labute approximate surface area is 61.8 Å². The summed E-state index contributed by atoms with van der Waals surface area (Å²) < 4.78 is 0. The largest absolute Gasteiger partial charge is 0.317 e. The molecule has 0 aromatic rings. The summed E-state index contributed by atoms with van der Waals surface area (Å²) in [5.41, 5.74) is 0.450. The number of rotatable bonds is 0. The van der Waals surface area contributed by atoms with E-state index >= 15 is 0 Å². The fourth-order valence-corrected chi connectivity index (χ4v) is 1.78. The maximum absolute atomic E-state index is 3.37. The number of nitrogens with one attached hydrogen (secondary N) is 1. The highest BCUT2D eigenvalue weighted by atomic mass is 14.9. The Kier molecular flexibility index (Phi) is 1.38. The first-order valence-corrected chi connectivity index (χ1v) is 3.99. The van der Waals surface area contributed by atoms with Crippen molar-refractivity contribution in [2.24, 2.45) is 5.41 Å². The average Bonchev–Trinajstić information content (AvgIpc) is 2.39. The third-order valence-electron chi connectivity index (χ3n) is 2.50. The molecule has 1 saturated heterocycles. The van der Waals surface area contributed by atoms with Gasteiger partial charge < -0.3 is 5.32 Å². The lowest BCUT2D eigenvalue weighted by Crippen LogP contribution is -2.33. The summed E-state index contributed by atoms with van der Waals surface area (Å²) in [7, 11) is 0. The molecule has 0 atom stereocenters. The maximum atomic E-state index is 3.37. The van der Waals surface area contributed by atoms with Crippen molar-refractivity contribution < 1.29 is 0 Å². The van der Waals surface area contributed by atoms with Crippen molar-refractivity contribution in [2.45, 2.75) is 12.8 Å². The summed E-state index contributed by atoms with van der Waals surface area (Å²) in [6, 6.07) is 0. The average molecular weight is 135 g/mol. The highest BCUT2D eigenvalue weighted by Gasteiger charge is 2.27. The minimum absolute atomic E-state index is 0.450. The first kappa shape index (κ1) is 6.17. The second kappa shape index (κ2) is 2.24. The molecule has 1 aliphatic heterocycles. The minimum atomic E-state index is 0.450. The van der Waals surface area contributed by atoms with Crippen LogP contribution in [-0.4, -0.2) is 13.1 Å². The van der Waals surface area contributed by atoms with Crippen LogP contribution in [0.15, 0.2) is 24.3 Å². The number of hydrogen-bond acceptors (Lipinski definition) is 1. The van der Waals surface area contributed by atoms with Gasteiger partial charge in [-0.1, -0.05) is 24.3 Å². The van der Waals surface area contributed by atoms with Gasteiger partial charge in [-0.3, -0.25) is 0 Å². The monoisotopic (exact) mass is 135 g/mol. The molecule has 2 rings (SSSR count). The van der Waals surface area contributed by atoms with E-state index in [1.165, 1.54) is 25.9 Å². The molecular formula is C9H13N. The Morgan fingerprint density at radius 3 is 2.20 bits per heavy atom. The summed E-state index contributed by atoms with van der Waals surface area (Å²) in [4.78, 5) is 0. The summed E-state index contributed by atoms with van der Waals surface area (Å²) in [5, 5.41) is 3.37. The van der Waals surface area contributed by atoms with Gasteiger partial charge in [0.25, 0.3) is 0 Å². The maximum Gasteiger partial charge on any atom is 0.00912 e. The van der Waals surface area contributed by atoms with Crippen LogP contribution < -0.4 is 5.32 Å². The Bertz CT molecular complexity index is 159. The highest BCUT2D eigenvalue weighted by molar-refractivity contribution is 5.25. The van der Waals surface area contributed by atoms with Crippen LogP contribution in [0.2, 0.25) is 0 Å². The lowest BCUT2D eigenvalue weighted by Gasteiger charge is -2.30. The number of allylic oxidation sites excluding steroid dienone is 4. The standard InChI is InChI=1S/C9H13N/c1-2-4-9(3-1)5-7-10-8-6-9/h1-4,10H,5-8H2. The van der Waals surface area contributed by atoms with E-state index in [9.17, 15) is 0 Å². The van der Waals surface area contributed by atoms with Gasteiger partial charge in [-0.15, -0.1) is 0 Å². The minimum Gasteiger partial charge on any atom is -0.317 e. The third kappa shape index (κ3) is 0.907. The van der Waals surface area contributed by atoms with E-state index < -0.39 is 0 Å². The Balaban J connectivity index is 2.13. The molecule has 0 radical (unpaired) electrons. The topological polar surface area (TPSA) is 12.0 Å². The molecule has 0 aromatic heterocycles. The van der Waals surface area contributed by atoms with E-state index in [0.717, 1.165) is 0 Å². The SMILES string of the molecule is C1=CC2(C=C1)CCNCC2. The second-order valence-corrected chi connectivity index (χ2v) is 3.20. The van der Waals surface area contributed by atoms with Gasteiger partial charge in [-0.25, -0.2) is 0 Å². The van der Waals surface area contributed by atoms with Gasteiger partial charge in [0.15, 0.2) is 0 Å². The van der Waals surface area contributed by atoms with Crippen LogP contribution in [0.5, 0.6) is 0 Å². The molecule has 0 saturated carbocycles. The normalized spacial score (nSPS) is 28.0. The Hall–Kier alpha value is -0.560. The zero-order chi connectivity index (χ0) is 6.86. The quantitative estimate of drug-likeness (QED) is 0.530. The van der Waals surface area contributed by atoms with Crippen molar-refractivity contribution in [3.63, 3.8) is 0 Å². The molecule has 0 aromatic carbocycles. The highest BCUT2D eigenvalue weighted by Crippen LogP contribution is 2.34. The van der Waals surface area contributed by atoms with Gasteiger partial charge in [0, 0.05) is 5.41 Å². The van der Waals surface area contributed by atoms with Crippen molar-refractivity contribution in [3.8, 4) is 0 Å². The van der Waals surface area contributed by atoms with Crippen LogP contribution in [0, 0.1) is 5.41 Å². The lowest BCUT2D eigenvalue weighted by atomic mass is 9.81. The van der Waals surface area contributed by atoms with E-state index in [2.05, 4.69) is 29.6 Å². The Morgan fingerprint density at radius 2 is 1.60 bits per heavy atom. The van der Waals surface area contributed by atoms with Gasteiger partial charge in [0.1, 0.15) is 0 Å². The fraction of sp³-hybridized carbons (Fsp3) is 0.556. The molecule has 2 aliphatic rings. The molecule has 1 nitrogen and oxygen atoms in total. The number of piperidine rings is 1. The first-order valence-electron chi connectivity index (χ1n) is 3.99. The smallest absolute Gasteiger partial charge is 0.00912 e. The molecular weight excluding hydrogens is 122 g/mol. The molecule has 1 heterocycles. The van der Waals surface area contributed by atoms with Crippen molar-refractivity contribution in [1.29, 1.82) is 0 Å². The van der Waals surface area contributed by atoms with Crippen LogP contribution >= 0.6 is 0 Å². The van der Waals surface area contributed by atoms with E-state index in [4.69, 9.17) is 0 Å².